The molecule has 0 radical (unpaired) electrons. The molecule has 15 heavy (non-hydrogen) atoms. The summed E-state index contributed by atoms with van der Waals surface area (Å²) in [5.74, 6) is -0.277. The molecule has 0 aliphatic heterocycles. The Morgan fingerprint density at radius 1 is 1.33 bits per heavy atom. The Balaban J connectivity index is 0.000000921. The number of halogens is 1. The minimum absolute atomic E-state index is 0.277. The highest BCUT2D eigenvalue weighted by Crippen LogP contribution is 2.23. The van der Waals surface area contributed by atoms with Crippen LogP contribution in [-0.4, -0.2) is 11.6 Å². The first kappa shape index (κ1) is 14.6. The lowest BCUT2D eigenvalue weighted by atomic mass is 10.2. The molecule has 0 amide bonds. The zero-order valence-electron chi connectivity index (χ0n) is 9.76. The van der Waals surface area contributed by atoms with Gasteiger partial charge >= 0.3 is 5.97 Å². The van der Waals surface area contributed by atoms with Crippen molar-refractivity contribution in [1.82, 2.24) is 0 Å². The third-order valence-electron chi connectivity index (χ3n) is 1.23. The molecule has 0 unspecified atom stereocenters. The summed E-state index contributed by atoms with van der Waals surface area (Å²) in [6.45, 7) is 9.56. The number of ether oxygens (including phenoxy) is 1. The maximum absolute atomic E-state index is 11.5. The Bertz CT molecular complexity index is 313. The molecular weight excluding hydrogens is 276 g/mol. The summed E-state index contributed by atoms with van der Waals surface area (Å²) in [6, 6.07) is 0. The van der Waals surface area contributed by atoms with Crippen LogP contribution in [0, 0.1) is 0 Å². The van der Waals surface area contributed by atoms with Crippen molar-refractivity contribution in [2.45, 2.75) is 40.2 Å². The first-order chi connectivity index (χ1) is 6.90. The zero-order valence-corrected chi connectivity index (χ0v) is 12.2. The molecule has 86 valence electrons. The highest BCUT2D eigenvalue weighted by molar-refractivity contribution is 9.10. The summed E-state index contributed by atoms with van der Waals surface area (Å²) in [7, 11) is 0. The molecule has 0 aliphatic rings. The van der Waals surface area contributed by atoms with Crippen LogP contribution < -0.4 is 0 Å². The monoisotopic (exact) mass is 292 g/mol. The lowest BCUT2D eigenvalue weighted by Gasteiger charge is -2.19. The Kier molecular flexibility index (Phi) is 6.13. The average molecular weight is 293 g/mol. The molecule has 1 heterocycles. The molecule has 0 aromatic carbocycles. The van der Waals surface area contributed by atoms with E-state index < -0.39 is 5.60 Å². The van der Waals surface area contributed by atoms with Gasteiger partial charge in [0.15, 0.2) is 0 Å². The molecule has 0 spiro atoms. The maximum Gasteiger partial charge on any atom is 0.340 e. The van der Waals surface area contributed by atoms with Gasteiger partial charge < -0.3 is 4.74 Å². The first-order valence-electron chi connectivity index (χ1n) is 4.85. The van der Waals surface area contributed by atoms with Crippen molar-refractivity contribution in [3.05, 3.63) is 20.8 Å². The lowest BCUT2D eigenvalue weighted by Crippen LogP contribution is -2.23. The van der Waals surface area contributed by atoms with Crippen molar-refractivity contribution < 1.29 is 9.53 Å². The fraction of sp³-hybridized carbons (Fsp3) is 0.545. The quantitative estimate of drug-likeness (QED) is 0.713. The second-order valence-corrected chi connectivity index (χ2v) is 5.23. The summed E-state index contributed by atoms with van der Waals surface area (Å²) in [4.78, 5) is 11.5. The summed E-state index contributed by atoms with van der Waals surface area (Å²) >= 11 is 4.76. The summed E-state index contributed by atoms with van der Waals surface area (Å²) in [6.07, 6.45) is 0. The molecule has 0 fully saturated rings. The van der Waals surface area contributed by atoms with Crippen LogP contribution in [0.3, 0.4) is 0 Å². The Morgan fingerprint density at radius 2 is 1.87 bits per heavy atom. The van der Waals surface area contributed by atoms with Crippen molar-refractivity contribution in [3.8, 4) is 0 Å². The van der Waals surface area contributed by atoms with E-state index in [1.54, 1.807) is 5.38 Å². The second kappa shape index (κ2) is 6.28. The largest absolute Gasteiger partial charge is 0.456 e. The van der Waals surface area contributed by atoms with Crippen LogP contribution in [0.2, 0.25) is 0 Å². The molecule has 0 saturated carbocycles. The predicted octanol–water partition coefficient (Wildman–Crippen LogP) is 4.49. The van der Waals surface area contributed by atoms with Crippen molar-refractivity contribution in [2.24, 2.45) is 0 Å². The number of thiophene rings is 1. The Labute approximate surface area is 104 Å². The van der Waals surface area contributed by atoms with Gasteiger partial charge in [0.1, 0.15) is 5.60 Å². The van der Waals surface area contributed by atoms with Gasteiger partial charge in [0, 0.05) is 15.2 Å². The number of carbonyl (C=O) groups is 1. The number of carbonyl (C=O) groups excluding carboxylic acids is 1. The van der Waals surface area contributed by atoms with Gasteiger partial charge in [0.05, 0.1) is 5.56 Å². The van der Waals surface area contributed by atoms with Crippen LogP contribution in [0.25, 0.3) is 0 Å². The molecule has 0 atom stereocenters. The van der Waals surface area contributed by atoms with E-state index in [1.807, 2.05) is 40.0 Å². The van der Waals surface area contributed by atoms with Crippen LogP contribution in [0.4, 0.5) is 0 Å². The average Bonchev–Trinajstić information content (AvgIpc) is 2.52. The van der Waals surface area contributed by atoms with Gasteiger partial charge in [-0.05, 0) is 36.7 Å². The van der Waals surface area contributed by atoms with Crippen LogP contribution in [0.15, 0.2) is 15.2 Å². The van der Waals surface area contributed by atoms with Crippen LogP contribution in [-0.2, 0) is 4.74 Å². The van der Waals surface area contributed by atoms with E-state index in [1.165, 1.54) is 11.3 Å². The molecule has 1 rings (SSSR count). The van der Waals surface area contributed by atoms with Gasteiger partial charge in [-0.15, -0.1) is 0 Å². The van der Waals surface area contributed by atoms with Gasteiger partial charge in [-0.1, -0.05) is 13.8 Å². The van der Waals surface area contributed by atoms with Crippen LogP contribution >= 0.6 is 27.3 Å². The molecule has 0 saturated heterocycles. The number of hydrogen-bond donors (Lipinski definition) is 0. The molecular formula is C11H17BrO2S. The highest BCUT2D eigenvalue weighted by Gasteiger charge is 2.19. The normalized spacial score (nSPS) is 10.3. The fourth-order valence-electron chi connectivity index (χ4n) is 0.760. The first-order valence-corrected chi connectivity index (χ1v) is 6.59. The molecule has 1 aromatic heterocycles. The maximum atomic E-state index is 11.5. The standard InChI is InChI=1S/C9H11BrO2S.C2H6/c1-9(2,3)12-8(11)6-4-13-5-7(6)10;1-2/h4-5H,1-3H3;1-2H3. The Hall–Kier alpha value is -0.350. The van der Waals surface area contributed by atoms with Gasteiger partial charge in [-0.3, -0.25) is 0 Å². The number of esters is 1. The van der Waals surface area contributed by atoms with Gasteiger partial charge in [-0.25, -0.2) is 4.79 Å². The fourth-order valence-corrected chi connectivity index (χ4v) is 2.19. The third-order valence-corrected chi connectivity index (χ3v) is 2.94. The smallest absolute Gasteiger partial charge is 0.340 e. The van der Waals surface area contributed by atoms with Gasteiger partial charge in [-0.2, -0.15) is 11.3 Å². The Morgan fingerprint density at radius 3 is 2.20 bits per heavy atom. The molecule has 0 aliphatic carbocycles. The van der Waals surface area contributed by atoms with Crippen molar-refractivity contribution in [2.75, 3.05) is 0 Å². The second-order valence-electron chi connectivity index (χ2n) is 3.64. The van der Waals surface area contributed by atoms with E-state index in [0.29, 0.717) is 5.56 Å². The summed E-state index contributed by atoms with van der Waals surface area (Å²) in [5, 5.41) is 3.64. The number of rotatable bonds is 1. The molecule has 0 bridgehead atoms. The third kappa shape index (κ3) is 5.33. The molecule has 0 N–H and O–H groups in total. The summed E-state index contributed by atoms with van der Waals surface area (Å²) < 4.78 is 6.00. The van der Waals surface area contributed by atoms with Crippen LogP contribution in [0.5, 0.6) is 0 Å². The molecule has 2 nitrogen and oxygen atoms in total. The zero-order chi connectivity index (χ0) is 12.1. The highest BCUT2D eigenvalue weighted by atomic mass is 79.9. The van der Waals surface area contributed by atoms with Crippen molar-refractivity contribution in [1.29, 1.82) is 0 Å². The van der Waals surface area contributed by atoms with E-state index in [2.05, 4.69) is 15.9 Å². The van der Waals surface area contributed by atoms with E-state index in [4.69, 9.17) is 4.74 Å². The number of hydrogen-bond acceptors (Lipinski definition) is 3. The SMILES string of the molecule is CC.CC(C)(C)OC(=O)c1cscc1Br. The summed E-state index contributed by atoms with van der Waals surface area (Å²) in [5.41, 5.74) is 0.165. The molecule has 1 aromatic rings. The lowest BCUT2D eigenvalue weighted by molar-refractivity contribution is 0.00692. The van der Waals surface area contributed by atoms with Gasteiger partial charge in [0.25, 0.3) is 0 Å². The topological polar surface area (TPSA) is 26.3 Å². The van der Waals surface area contributed by atoms with Crippen molar-refractivity contribution in [3.63, 3.8) is 0 Å². The van der Waals surface area contributed by atoms with E-state index in [-0.39, 0.29) is 5.97 Å². The van der Waals surface area contributed by atoms with E-state index in [0.717, 1.165) is 4.47 Å². The minimum atomic E-state index is -0.432. The predicted molar refractivity (Wildman–Crippen MR) is 68.5 cm³/mol. The van der Waals surface area contributed by atoms with E-state index >= 15 is 0 Å². The van der Waals surface area contributed by atoms with Crippen molar-refractivity contribution >= 4 is 33.2 Å². The van der Waals surface area contributed by atoms with E-state index in [9.17, 15) is 4.79 Å². The van der Waals surface area contributed by atoms with Gasteiger partial charge in [0.2, 0.25) is 0 Å². The van der Waals surface area contributed by atoms with Crippen LogP contribution in [0.1, 0.15) is 45.0 Å². The molecule has 4 heteroatoms. The minimum Gasteiger partial charge on any atom is -0.456 e.